The third kappa shape index (κ3) is 3.20. The number of ether oxygens (including phenoxy) is 1. The first-order valence-electron chi connectivity index (χ1n) is 6.05. The maximum atomic E-state index is 12.9. The number of nitrogens with zero attached hydrogens (tertiary/aromatic N) is 1. The maximum Gasteiger partial charge on any atom is 0.339 e. The maximum absolute atomic E-state index is 12.9. The summed E-state index contributed by atoms with van der Waals surface area (Å²) in [6.45, 7) is 3.33. The van der Waals surface area contributed by atoms with Gasteiger partial charge in [-0.1, -0.05) is 0 Å². The van der Waals surface area contributed by atoms with Crippen molar-refractivity contribution >= 4 is 5.97 Å². The Morgan fingerprint density at radius 3 is 2.78 bits per heavy atom. The molecule has 0 spiro atoms. The summed E-state index contributed by atoms with van der Waals surface area (Å²) in [4.78, 5) is 13.2. The van der Waals surface area contributed by atoms with Crippen molar-refractivity contribution in [3.05, 3.63) is 29.6 Å². The van der Waals surface area contributed by atoms with E-state index in [1.54, 1.807) is 0 Å². The van der Waals surface area contributed by atoms with Gasteiger partial charge >= 0.3 is 5.97 Å². The smallest absolute Gasteiger partial charge is 0.339 e. The molecule has 0 atom stereocenters. The number of carboxylic acids is 1. The van der Waals surface area contributed by atoms with E-state index < -0.39 is 11.8 Å². The summed E-state index contributed by atoms with van der Waals surface area (Å²) >= 11 is 0. The van der Waals surface area contributed by atoms with Crippen LogP contribution < -0.4 is 4.74 Å². The second-order valence-corrected chi connectivity index (χ2v) is 4.34. The first kappa shape index (κ1) is 12.8. The van der Waals surface area contributed by atoms with Gasteiger partial charge in [0.25, 0.3) is 0 Å². The average Bonchev–Trinajstić information content (AvgIpc) is 2.84. The van der Waals surface area contributed by atoms with E-state index in [0.29, 0.717) is 6.61 Å². The summed E-state index contributed by atoms with van der Waals surface area (Å²) in [5.74, 6) is -1.52. The van der Waals surface area contributed by atoms with E-state index in [-0.39, 0.29) is 11.3 Å². The summed E-state index contributed by atoms with van der Waals surface area (Å²) in [5.41, 5.74) is -0.128. The minimum atomic E-state index is -1.18. The number of aromatic carboxylic acids is 1. The van der Waals surface area contributed by atoms with Gasteiger partial charge in [-0.15, -0.1) is 0 Å². The normalized spacial score (nSPS) is 15.8. The largest absolute Gasteiger partial charge is 0.491 e. The molecular weight excluding hydrogens is 237 g/mol. The van der Waals surface area contributed by atoms with Gasteiger partial charge < -0.3 is 9.84 Å². The molecule has 0 radical (unpaired) electrons. The predicted molar refractivity (Wildman–Crippen MR) is 64.5 cm³/mol. The summed E-state index contributed by atoms with van der Waals surface area (Å²) in [6, 6.07) is 3.55. The Labute approximate surface area is 105 Å². The zero-order chi connectivity index (χ0) is 13.0. The van der Waals surface area contributed by atoms with Crippen LogP contribution in [-0.4, -0.2) is 42.2 Å². The van der Waals surface area contributed by atoms with Crippen molar-refractivity contribution in [2.45, 2.75) is 12.8 Å². The van der Waals surface area contributed by atoms with Crippen molar-refractivity contribution in [2.75, 3.05) is 26.2 Å². The van der Waals surface area contributed by atoms with Crippen LogP contribution in [0.25, 0.3) is 0 Å². The van der Waals surface area contributed by atoms with Gasteiger partial charge in [0.15, 0.2) is 0 Å². The minimum absolute atomic E-state index is 0.128. The second-order valence-electron chi connectivity index (χ2n) is 4.34. The first-order chi connectivity index (χ1) is 8.66. The Bertz CT molecular complexity index is 430. The lowest BCUT2D eigenvalue weighted by Gasteiger charge is -2.15. The van der Waals surface area contributed by atoms with Crippen molar-refractivity contribution in [3.8, 4) is 5.75 Å². The SMILES string of the molecule is O=C(O)c1cc(F)ccc1OCCN1CCCC1. The number of rotatable bonds is 5. The monoisotopic (exact) mass is 253 g/mol. The third-order valence-corrected chi connectivity index (χ3v) is 3.04. The van der Waals surface area contributed by atoms with Crippen molar-refractivity contribution in [1.29, 1.82) is 0 Å². The molecule has 1 aliphatic heterocycles. The predicted octanol–water partition coefficient (Wildman–Crippen LogP) is 2.00. The molecule has 5 heteroatoms. The van der Waals surface area contributed by atoms with Crippen molar-refractivity contribution in [2.24, 2.45) is 0 Å². The van der Waals surface area contributed by atoms with Gasteiger partial charge in [0.2, 0.25) is 0 Å². The Morgan fingerprint density at radius 1 is 1.39 bits per heavy atom. The Balaban J connectivity index is 1.93. The molecule has 0 unspecified atom stereocenters. The number of benzene rings is 1. The Kier molecular flexibility index (Phi) is 4.15. The third-order valence-electron chi connectivity index (χ3n) is 3.04. The van der Waals surface area contributed by atoms with E-state index in [2.05, 4.69) is 4.90 Å². The lowest BCUT2D eigenvalue weighted by molar-refractivity contribution is 0.0691. The molecule has 1 aromatic carbocycles. The Morgan fingerprint density at radius 2 is 2.11 bits per heavy atom. The van der Waals surface area contributed by atoms with Gasteiger partial charge in [0, 0.05) is 6.54 Å². The van der Waals surface area contributed by atoms with Crippen LogP contribution in [0.1, 0.15) is 23.2 Å². The fourth-order valence-electron chi connectivity index (χ4n) is 2.09. The van der Waals surface area contributed by atoms with Crippen LogP contribution in [0.4, 0.5) is 4.39 Å². The van der Waals surface area contributed by atoms with Crippen LogP contribution in [0.3, 0.4) is 0 Å². The fraction of sp³-hybridized carbons (Fsp3) is 0.462. The van der Waals surface area contributed by atoms with Crippen LogP contribution >= 0.6 is 0 Å². The number of carbonyl (C=O) groups is 1. The molecule has 0 amide bonds. The van der Waals surface area contributed by atoms with Crippen LogP contribution in [0, 0.1) is 5.82 Å². The molecule has 98 valence electrons. The zero-order valence-corrected chi connectivity index (χ0v) is 10.1. The number of likely N-dealkylation sites (tertiary alicyclic amines) is 1. The molecule has 0 saturated carbocycles. The highest BCUT2D eigenvalue weighted by Gasteiger charge is 2.14. The van der Waals surface area contributed by atoms with Gasteiger partial charge in [-0.2, -0.15) is 0 Å². The summed E-state index contributed by atoms with van der Waals surface area (Å²) in [7, 11) is 0. The molecule has 1 N–H and O–H groups in total. The summed E-state index contributed by atoms with van der Waals surface area (Å²) < 4.78 is 18.4. The van der Waals surface area contributed by atoms with Gasteiger partial charge in [0.1, 0.15) is 23.7 Å². The number of halogens is 1. The molecule has 1 heterocycles. The highest BCUT2D eigenvalue weighted by atomic mass is 19.1. The molecule has 18 heavy (non-hydrogen) atoms. The van der Waals surface area contributed by atoms with E-state index in [1.807, 2.05) is 0 Å². The molecule has 1 aliphatic rings. The van der Waals surface area contributed by atoms with E-state index >= 15 is 0 Å². The fourth-order valence-corrected chi connectivity index (χ4v) is 2.09. The standard InChI is InChI=1S/C13H16FNO3/c14-10-3-4-12(11(9-10)13(16)17)18-8-7-15-5-1-2-6-15/h3-4,9H,1-2,5-8H2,(H,16,17). The van der Waals surface area contributed by atoms with Crippen molar-refractivity contribution < 1.29 is 19.0 Å². The van der Waals surface area contributed by atoms with Gasteiger partial charge in [-0.05, 0) is 44.1 Å². The molecular formula is C13H16FNO3. The van der Waals surface area contributed by atoms with Crippen molar-refractivity contribution in [3.63, 3.8) is 0 Å². The molecule has 0 aliphatic carbocycles. The lowest BCUT2D eigenvalue weighted by atomic mass is 10.2. The molecule has 2 rings (SSSR count). The highest BCUT2D eigenvalue weighted by Crippen LogP contribution is 2.19. The molecule has 0 aromatic heterocycles. The molecule has 1 aromatic rings. The molecule has 1 saturated heterocycles. The zero-order valence-electron chi connectivity index (χ0n) is 10.1. The van der Waals surface area contributed by atoms with Crippen LogP contribution in [-0.2, 0) is 0 Å². The van der Waals surface area contributed by atoms with Gasteiger partial charge in [0.05, 0.1) is 0 Å². The topological polar surface area (TPSA) is 49.8 Å². The van der Waals surface area contributed by atoms with Crippen LogP contribution in [0.15, 0.2) is 18.2 Å². The number of hydrogen-bond donors (Lipinski definition) is 1. The number of carboxylic acid groups (broad SMARTS) is 1. The first-order valence-corrected chi connectivity index (χ1v) is 6.05. The highest BCUT2D eigenvalue weighted by molar-refractivity contribution is 5.90. The van der Waals surface area contributed by atoms with Crippen LogP contribution in [0.2, 0.25) is 0 Å². The molecule has 4 nitrogen and oxygen atoms in total. The summed E-state index contributed by atoms with van der Waals surface area (Å²) in [6.07, 6.45) is 2.41. The number of hydrogen-bond acceptors (Lipinski definition) is 3. The van der Waals surface area contributed by atoms with Gasteiger partial charge in [-0.25, -0.2) is 9.18 Å². The molecule has 1 fully saturated rings. The Hall–Kier alpha value is -1.62. The van der Waals surface area contributed by atoms with E-state index in [9.17, 15) is 9.18 Å². The minimum Gasteiger partial charge on any atom is -0.491 e. The van der Waals surface area contributed by atoms with E-state index in [1.165, 1.54) is 25.0 Å². The van der Waals surface area contributed by atoms with Crippen LogP contribution in [0.5, 0.6) is 5.75 Å². The second kappa shape index (κ2) is 5.82. The quantitative estimate of drug-likeness (QED) is 0.872. The average molecular weight is 253 g/mol. The lowest BCUT2D eigenvalue weighted by Crippen LogP contribution is -2.25. The molecule has 0 bridgehead atoms. The van der Waals surface area contributed by atoms with Crippen molar-refractivity contribution in [1.82, 2.24) is 4.90 Å². The van der Waals surface area contributed by atoms with E-state index in [0.717, 1.165) is 25.7 Å². The van der Waals surface area contributed by atoms with E-state index in [4.69, 9.17) is 9.84 Å². The summed E-state index contributed by atoms with van der Waals surface area (Å²) in [5, 5.41) is 8.94. The van der Waals surface area contributed by atoms with Gasteiger partial charge in [-0.3, -0.25) is 4.90 Å².